The van der Waals surface area contributed by atoms with Gasteiger partial charge in [0.1, 0.15) is 5.69 Å². The number of aromatic nitrogens is 2. The average molecular weight is 359 g/mol. The monoisotopic (exact) mass is 359 g/mol. The molecule has 6 nitrogen and oxygen atoms in total. The number of isocyanates is 1. The molecule has 27 heavy (non-hydrogen) atoms. The molecule has 1 aliphatic heterocycles. The molecule has 1 aliphatic rings. The van der Waals surface area contributed by atoms with Gasteiger partial charge in [-0.3, -0.25) is 5.10 Å². The highest BCUT2D eigenvalue weighted by molar-refractivity contribution is 5.84. The summed E-state index contributed by atoms with van der Waals surface area (Å²) in [7, 11) is 0. The second-order valence-corrected chi connectivity index (χ2v) is 6.60. The molecule has 1 aromatic heterocycles. The van der Waals surface area contributed by atoms with E-state index in [-0.39, 0.29) is 0 Å². The van der Waals surface area contributed by atoms with E-state index in [1.54, 1.807) is 6.08 Å². The zero-order valence-electron chi connectivity index (χ0n) is 15.2. The van der Waals surface area contributed by atoms with Crippen molar-refractivity contribution in [3.05, 3.63) is 60.2 Å². The van der Waals surface area contributed by atoms with Crippen LogP contribution >= 0.6 is 0 Å². The lowest BCUT2D eigenvalue weighted by Gasteiger charge is -2.36. The van der Waals surface area contributed by atoms with E-state index in [2.05, 4.69) is 49.3 Å². The predicted octanol–water partition coefficient (Wildman–Crippen LogP) is 3.68. The molecule has 6 heteroatoms. The van der Waals surface area contributed by atoms with Gasteiger partial charge in [-0.1, -0.05) is 42.5 Å². The summed E-state index contributed by atoms with van der Waals surface area (Å²) in [5.74, 6) is 0.712. The number of aliphatic imine (C=N–C) groups is 1. The SMILES string of the molecule is Cc1ccccc1-c1[nH]nc(N2CCN(c3ccccc3)CC2)c1N=C=O. The Hall–Kier alpha value is -3.37. The van der Waals surface area contributed by atoms with E-state index in [1.165, 1.54) is 5.69 Å². The first-order valence-electron chi connectivity index (χ1n) is 9.05. The summed E-state index contributed by atoms with van der Waals surface area (Å²) in [6, 6.07) is 18.4. The molecular formula is C21H21N5O. The molecule has 0 saturated carbocycles. The normalized spacial score (nSPS) is 14.1. The van der Waals surface area contributed by atoms with Crippen LogP contribution in [-0.4, -0.2) is 42.5 Å². The molecule has 2 aromatic carbocycles. The van der Waals surface area contributed by atoms with Crippen LogP contribution in [0.2, 0.25) is 0 Å². The predicted molar refractivity (Wildman–Crippen MR) is 107 cm³/mol. The Balaban J connectivity index is 1.60. The van der Waals surface area contributed by atoms with E-state index in [4.69, 9.17) is 0 Å². The first-order chi connectivity index (χ1) is 13.3. The molecule has 3 aromatic rings. The number of carbonyl (C=O) groups excluding carboxylic acids is 1. The maximum Gasteiger partial charge on any atom is 0.240 e. The Morgan fingerprint density at radius 1 is 0.963 bits per heavy atom. The third-order valence-electron chi connectivity index (χ3n) is 4.99. The van der Waals surface area contributed by atoms with Crippen LogP contribution in [0, 0.1) is 6.92 Å². The van der Waals surface area contributed by atoms with Crippen molar-refractivity contribution in [2.45, 2.75) is 6.92 Å². The van der Waals surface area contributed by atoms with Crippen LogP contribution in [0.15, 0.2) is 59.6 Å². The molecule has 4 rings (SSSR count). The van der Waals surface area contributed by atoms with Crippen LogP contribution < -0.4 is 9.80 Å². The molecule has 1 saturated heterocycles. The minimum atomic E-state index is 0.562. The molecule has 0 radical (unpaired) electrons. The molecule has 1 N–H and O–H groups in total. The number of hydrogen-bond acceptors (Lipinski definition) is 5. The Kier molecular flexibility index (Phi) is 4.73. The second kappa shape index (κ2) is 7.48. The van der Waals surface area contributed by atoms with Gasteiger partial charge >= 0.3 is 0 Å². The van der Waals surface area contributed by atoms with E-state index >= 15 is 0 Å². The van der Waals surface area contributed by atoms with E-state index in [9.17, 15) is 4.79 Å². The van der Waals surface area contributed by atoms with Gasteiger partial charge in [0.05, 0.1) is 5.69 Å². The smallest absolute Gasteiger partial charge is 0.240 e. The number of para-hydroxylation sites is 1. The van der Waals surface area contributed by atoms with Gasteiger partial charge in [0, 0.05) is 37.4 Å². The summed E-state index contributed by atoms with van der Waals surface area (Å²) < 4.78 is 0. The standard InChI is InChI=1S/C21H21N5O/c1-16-7-5-6-10-18(16)19-20(22-15-27)21(24-23-19)26-13-11-25(12-14-26)17-8-3-2-4-9-17/h2-10H,11-14H2,1H3,(H,23,24). The van der Waals surface area contributed by atoms with Gasteiger partial charge in [-0.25, -0.2) is 4.79 Å². The van der Waals surface area contributed by atoms with E-state index < -0.39 is 0 Å². The van der Waals surface area contributed by atoms with E-state index in [0.717, 1.165) is 43.0 Å². The number of anilines is 2. The van der Waals surface area contributed by atoms with Gasteiger partial charge in [-0.15, -0.1) is 0 Å². The molecule has 136 valence electrons. The van der Waals surface area contributed by atoms with E-state index in [1.807, 2.05) is 37.3 Å². The number of aryl methyl sites for hydroxylation is 1. The number of rotatable bonds is 4. The fraction of sp³-hybridized carbons (Fsp3) is 0.238. The fourth-order valence-corrected chi connectivity index (χ4v) is 3.56. The number of benzene rings is 2. The van der Waals surface area contributed by atoms with Crippen LogP contribution in [-0.2, 0) is 4.79 Å². The first-order valence-corrected chi connectivity index (χ1v) is 9.05. The minimum absolute atomic E-state index is 0.562. The lowest BCUT2D eigenvalue weighted by Crippen LogP contribution is -2.46. The van der Waals surface area contributed by atoms with Gasteiger partial charge < -0.3 is 9.80 Å². The number of nitrogens with zero attached hydrogens (tertiary/aromatic N) is 4. The molecular weight excluding hydrogens is 338 g/mol. The summed E-state index contributed by atoms with van der Waals surface area (Å²) in [6.45, 7) is 5.44. The van der Waals surface area contributed by atoms with Crippen molar-refractivity contribution in [2.75, 3.05) is 36.0 Å². The second-order valence-electron chi connectivity index (χ2n) is 6.60. The Bertz CT molecular complexity index is 967. The Labute approximate surface area is 158 Å². The van der Waals surface area contributed by atoms with Crippen molar-refractivity contribution in [1.82, 2.24) is 10.2 Å². The zero-order valence-corrected chi connectivity index (χ0v) is 15.2. The zero-order chi connectivity index (χ0) is 18.6. The maximum absolute atomic E-state index is 11.1. The van der Waals surface area contributed by atoms with Crippen LogP contribution in [0.25, 0.3) is 11.3 Å². The van der Waals surface area contributed by atoms with Crippen molar-refractivity contribution >= 4 is 23.3 Å². The van der Waals surface area contributed by atoms with Gasteiger partial charge in [0.15, 0.2) is 5.82 Å². The van der Waals surface area contributed by atoms with Crippen LogP contribution in [0.4, 0.5) is 17.2 Å². The highest BCUT2D eigenvalue weighted by Crippen LogP contribution is 2.38. The van der Waals surface area contributed by atoms with Crippen molar-refractivity contribution in [3.8, 4) is 11.3 Å². The third-order valence-corrected chi connectivity index (χ3v) is 4.99. The fourth-order valence-electron chi connectivity index (χ4n) is 3.56. The Morgan fingerprint density at radius 3 is 2.33 bits per heavy atom. The molecule has 0 amide bonds. The summed E-state index contributed by atoms with van der Waals surface area (Å²) in [6.07, 6.45) is 1.69. The minimum Gasteiger partial charge on any atom is -0.368 e. The largest absolute Gasteiger partial charge is 0.368 e. The summed E-state index contributed by atoms with van der Waals surface area (Å²) in [5, 5.41) is 7.56. The molecule has 1 fully saturated rings. The van der Waals surface area contributed by atoms with Crippen LogP contribution in [0.3, 0.4) is 0 Å². The molecule has 2 heterocycles. The van der Waals surface area contributed by atoms with Crippen molar-refractivity contribution in [3.63, 3.8) is 0 Å². The third kappa shape index (κ3) is 3.35. The van der Waals surface area contributed by atoms with Crippen LogP contribution in [0.5, 0.6) is 0 Å². The van der Waals surface area contributed by atoms with Crippen LogP contribution in [0.1, 0.15) is 5.56 Å². The topological polar surface area (TPSA) is 64.6 Å². The number of nitrogens with one attached hydrogen (secondary N) is 1. The van der Waals surface area contributed by atoms with Crippen molar-refractivity contribution in [1.29, 1.82) is 0 Å². The van der Waals surface area contributed by atoms with Gasteiger partial charge in [-0.2, -0.15) is 10.1 Å². The summed E-state index contributed by atoms with van der Waals surface area (Å²) >= 11 is 0. The number of hydrogen-bond donors (Lipinski definition) is 1. The van der Waals surface area contributed by atoms with E-state index in [0.29, 0.717) is 11.5 Å². The molecule has 0 unspecified atom stereocenters. The van der Waals surface area contributed by atoms with Crippen molar-refractivity contribution in [2.24, 2.45) is 4.99 Å². The van der Waals surface area contributed by atoms with Gasteiger partial charge in [0.25, 0.3) is 0 Å². The summed E-state index contributed by atoms with van der Waals surface area (Å²) in [5.41, 5.74) is 4.65. The maximum atomic E-state index is 11.1. The van der Waals surface area contributed by atoms with Gasteiger partial charge in [-0.05, 0) is 24.6 Å². The first kappa shape index (κ1) is 17.1. The Morgan fingerprint density at radius 2 is 1.63 bits per heavy atom. The number of piperazine rings is 1. The molecule has 0 spiro atoms. The molecule has 0 atom stereocenters. The number of H-pyrrole nitrogens is 1. The molecule has 0 aliphatic carbocycles. The van der Waals surface area contributed by atoms with Crippen molar-refractivity contribution < 1.29 is 4.79 Å². The summed E-state index contributed by atoms with van der Waals surface area (Å²) in [4.78, 5) is 19.6. The quantitative estimate of drug-likeness (QED) is 0.570. The highest BCUT2D eigenvalue weighted by Gasteiger charge is 2.24. The lowest BCUT2D eigenvalue weighted by molar-refractivity contribution is 0.565. The molecule has 0 bridgehead atoms. The number of aromatic amines is 1. The lowest BCUT2D eigenvalue weighted by atomic mass is 10.0. The highest BCUT2D eigenvalue weighted by atomic mass is 16.1. The van der Waals surface area contributed by atoms with Gasteiger partial charge in [0.2, 0.25) is 6.08 Å². The average Bonchev–Trinajstić information content (AvgIpc) is 3.13.